The predicted octanol–water partition coefficient (Wildman–Crippen LogP) is 6.88. The molecule has 42 heavy (non-hydrogen) atoms. The molecule has 210 valence electrons. The third kappa shape index (κ3) is 5.86. The molecular weight excluding hydrogens is 567 g/mol. The molecule has 0 aliphatic heterocycles. The Balaban J connectivity index is 1.17. The number of hydrogen-bond donors (Lipinski definition) is 1. The van der Waals surface area contributed by atoms with E-state index in [1.54, 1.807) is 14.2 Å². The van der Waals surface area contributed by atoms with Gasteiger partial charge in [0, 0.05) is 28.7 Å². The smallest absolute Gasteiger partial charge is 0.236 e. The van der Waals surface area contributed by atoms with Gasteiger partial charge in [0.1, 0.15) is 0 Å². The minimum atomic E-state index is -0.165. The second-order valence-corrected chi connectivity index (χ2v) is 11.4. The van der Waals surface area contributed by atoms with Crippen LogP contribution in [0.15, 0.2) is 102 Å². The highest BCUT2D eigenvalue weighted by molar-refractivity contribution is 7.99. The van der Waals surface area contributed by atoms with E-state index in [0.29, 0.717) is 27.6 Å². The van der Waals surface area contributed by atoms with E-state index in [0.717, 1.165) is 22.5 Å². The minimum absolute atomic E-state index is 0.148. The number of anilines is 1. The Kier molecular flexibility index (Phi) is 8.16. The van der Waals surface area contributed by atoms with Crippen LogP contribution in [0.2, 0.25) is 0 Å². The van der Waals surface area contributed by atoms with Crippen LogP contribution in [0.4, 0.5) is 5.13 Å². The summed E-state index contributed by atoms with van der Waals surface area (Å²) >= 11 is 2.80. The summed E-state index contributed by atoms with van der Waals surface area (Å²) in [6.07, 6.45) is 2.58. The van der Waals surface area contributed by atoms with Crippen LogP contribution in [0.1, 0.15) is 10.4 Å². The highest BCUT2D eigenvalue weighted by Gasteiger charge is 2.19. The van der Waals surface area contributed by atoms with Gasteiger partial charge in [-0.15, -0.1) is 21.5 Å². The Morgan fingerprint density at radius 1 is 0.905 bits per heavy atom. The lowest BCUT2D eigenvalue weighted by Gasteiger charge is -2.12. The number of thioether (sulfide) groups is 1. The molecule has 0 saturated carbocycles. The third-order valence-electron chi connectivity index (χ3n) is 6.67. The standard InChI is InChI=1S/C32H27N5O3S2/c1-39-27-16-15-23(18-28(27)40-2)30-35-36-32(37(30)24-12-4-3-5-13-24)41-20-29(38)34-31-33-19-25(42-31)17-22-11-8-10-21-9-6-7-14-26(21)22/h3-16,18-19H,17,20H2,1-2H3,(H,33,34,38). The van der Waals surface area contributed by atoms with Gasteiger partial charge in [0.05, 0.1) is 20.0 Å². The number of benzene rings is 4. The molecule has 0 aliphatic rings. The third-order valence-corrected chi connectivity index (χ3v) is 8.51. The summed E-state index contributed by atoms with van der Waals surface area (Å²) in [5, 5.41) is 15.5. The Morgan fingerprint density at radius 2 is 1.69 bits per heavy atom. The average molecular weight is 594 g/mol. The Bertz CT molecular complexity index is 1850. The van der Waals surface area contributed by atoms with Crippen LogP contribution < -0.4 is 14.8 Å². The lowest BCUT2D eigenvalue weighted by Crippen LogP contribution is -2.14. The monoisotopic (exact) mass is 593 g/mol. The summed E-state index contributed by atoms with van der Waals surface area (Å²) in [5.41, 5.74) is 2.92. The predicted molar refractivity (Wildman–Crippen MR) is 168 cm³/mol. The molecule has 6 rings (SSSR count). The SMILES string of the molecule is COc1ccc(-c2nnc(SCC(=O)Nc3ncc(Cc4cccc5ccccc45)s3)n2-c2ccccc2)cc1OC. The summed E-state index contributed by atoms with van der Waals surface area (Å²) in [7, 11) is 3.19. The van der Waals surface area contributed by atoms with Crippen LogP contribution in [0.3, 0.4) is 0 Å². The number of fused-ring (bicyclic) bond motifs is 1. The number of thiazole rings is 1. The first-order valence-electron chi connectivity index (χ1n) is 13.2. The zero-order chi connectivity index (χ0) is 28.9. The van der Waals surface area contributed by atoms with Crippen LogP contribution >= 0.6 is 23.1 Å². The number of carbonyl (C=O) groups excluding carboxylic acids is 1. The Labute approximate surface area is 251 Å². The molecule has 1 N–H and O–H groups in total. The summed E-state index contributed by atoms with van der Waals surface area (Å²) in [5.74, 6) is 1.83. The molecule has 2 aromatic heterocycles. The largest absolute Gasteiger partial charge is 0.493 e. The van der Waals surface area contributed by atoms with Crippen molar-refractivity contribution in [1.29, 1.82) is 0 Å². The van der Waals surface area contributed by atoms with Gasteiger partial charge in [-0.05, 0) is 46.7 Å². The molecule has 10 heteroatoms. The lowest BCUT2D eigenvalue weighted by molar-refractivity contribution is -0.113. The number of nitrogens with zero attached hydrogens (tertiary/aromatic N) is 4. The van der Waals surface area contributed by atoms with E-state index in [1.807, 2.05) is 65.4 Å². The van der Waals surface area contributed by atoms with Gasteiger partial charge in [-0.3, -0.25) is 9.36 Å². The van der Waals surface area contributed by atoms with E-state index in [9.17, 15) is 4.79 Å². The number of methoxy groups -OCH3 is 2. The number of aromatic nitrogens is 4. The molecule has 4 aromatic carbocycles. The fourth-order valence-electron chi connectivity index (χ4n) is 4.70. The van der Waals surface area contributed by atoms with E-state index in [-0.39, 0.29) is 11.7 Å². The van der Waals surface area contributed by atoms with Crippen LogP contribution in [0.25, 0.3) is 27.8 Å². The first-order chi connectivity index (χ1) is 20.6. The van der Waals surface area contributed by atoms with Crippen molar-refractivity contribution in [2.45, 2.75) is 11.6 Å². The Hall–Kier alpha value is -4.67. The van der Waals surface area contributed by atoms with Gasteiger partial charge in [-0.25, -0.2) is 4.98 Å². The van der Waals surface area contributed by atoms with Gasteiger partial charge < -0.3 is 14.8 Å². The molecule has 0 bridgehead atoms. The minimum Gasteiger partial charge on any atom is -0.493 e. The Morgan fingerprint density at radius 3 is 2.52 bits per heavy atom. The van der Waals surface area contributed by atoms with Gasteiger partial charge in [0.25, 0.3) is 0 Å². The van der Waals surface area contributed by atoms with Crippen molar-refractivity contribution in [1.82, 2.24) is 19.7 Å². The van der Waals surface area contributed by atoms with Crippen molar-refractivity contribution < 1.29 is 14.3 Å². The maximum absolute atomic E-state index is 13.0. The summed E-state index contributed by atoms with van der Waals surface area (Å²) < 4.78 is 12.8. The molecule has 8 nitrogen and oxygen atoms in total. The van der Waals surface area contributed by atoms with E-state index in [4.69, 9.17) is 9.47 Å². The fraction of sp³-hybridized carbons (Fsp3) is 0.125. The average Bonchev–Trinajstić information content (AvgIpc) is 3.67. The molecular formula is C32H27N5O3S2. The molecule has 0 aliphatic carbocycles. The summed E-state index contributed by atoms with van der Waals surface area (Å²) in [6.45, 7) is 0. The molecule has 0 atom stereocenters. The first-order valence-corrected chi connectivity index (χ1v) is 15.0. The van der Waals surface area contributed by atoms with Crippen molar-refractivity contribution >= 4 is 44.9 Å². The highest BCUT2D eigenvalue weighted by atomic mass is 32.2. The number of amides is 1. The second-order valence-electron chi connectivity index (χ2n) is 9.33. The maximum atomic E-state index is 13.0. The summed E-state index contributed by atoms with van der Waals surface area (Å²) in [6, 6.07) is 30.1. The zero-order valence-electron chi connectivity index (χ0n) is 23.0. The molecule has 0 saturated heterocycles. The molecule has 2 heterocycles. The van der Waals surface area contributed by atoms with Crippen LogP contribution in [-0.2, 0) is 11.2 Å². The number of carbonyl (C=O) groups is 1. The van der Waals surface area contributed by atoms with Crippen molar-refractivity contribution in [2.75, 3.05) is 25.3 Å². The molecule has 0 spiro atoms. The molecule has 6 aromatic rings. The number of nitrogens with one attached hydrogen (secondary N) is 1. The highest BCUT2D eigenvalue weighted by Crippen LogP contribution is 2.34. The zero-order valence-corrected chi connectivity index (χ0v) is 24.6. The van der Waals surface area contributed by atoms with Gasteiger partial charge in [-0.2, -0.15) is 0 Å². The number of hydrogen-bond acceptors (Lipinski definition) is 8. The van der Waals surface area contributed by atoms with Crippen LogP contribution in [0, 0.1) is 0 Å². The van der Waals surface area contributed by atoms with Crippen molar-refractivity contribution in [3.63, 3.8) is 0 Å². The lowest BCUT2D eigenvalue weighted by atomic mass is 10.0. The topological polar surface area (TPSA) is 91.2 Å². The van der Waals surface area contributed by atoms with Gasteiger partial charge in [0.15, 0.2) is 27.6 Å². The van der Waals surface area contributed by atoms with Crippen molar-refractivity contribution in [3.05, 3.63) is 108 Å². The van der Waals surface area contributed by atoms with Gasteiger partial charge in [-0.1, -0.05) is 72.4 Å². The first kappa shape index (κ1) is 27.5. The molecule has 0 unspecified atom stereocenters. The van der Waals surface area contributed by atoms with Crippen molar-refractivity contribution in [2.24, 2.45) is 0 Å². The number of para-hydroxylation sites is 1. The normalized spacial score (nSPS) is 11.0. The molecule has 1 amide bonds. The van der Waals surface area contributed by atoms with Crippen molar-refractivity contribution in [3.8, 4) is 28.6 Å². The van der Waals surface area contributed by atoms with E-state index in [1.165, 1.54) is 39.4 Å². The van der Waals surface area contributed by atoms with E-state index < -0.39 is 0 Å². The second kappa shape index (κ2) is 12.5. The summed E-state index contributed by atoms with van der Waals surface area (Å²) in [4.78, 5) is 18.5. The van der Waals surface area contributed by atoms with Gasteiger partial charge in [0.2, 0.25) is 5.91 Å². The molecule has 0 radical (unpaired) electrons. The maximum Gasteiger partial charge on any atom is 0.236 e. The molecule has 0 fully saturated rings. The van der Waals surface area contributed by atoms with E-state index in [2.05, 4.69) is 56.9 Å². The fourth-order valence-corrected chi connectivity index (χ4v) is 6.31. The quantitative estimate of drug-likeness (QED) is 0.173. The van der Waals surface area contributed by atoms with Gasteiger partial charge >= 0.3 is 0 Å². The van der Waals surface area contributed by atoms with Crippen LogP contribution in [0.5, 0.6) is 11.5 Å². The number of rotatable bonds is 10. The van der Waals surface area contributed by atoms with Crippen LogP contribution in [-0.4, -0.2) is 45.6 Å². The number of ether oxygens (including phenoxy) is 2. The van der Waals surface area contributed by atoms with E-state index >= 15 is 0 Å².